The van der Waals surface area contributed by atoms with Gasteiger partial charge in [0, 0.05) is 0 Å². The third-order valence-electron chi connectivity index (χ3n) is 0.847. The molecule has 0 radical (unpaired) electrons. The van der Waals surface area contributed by atoms with Gasteiger partial charge in [0.1, 0.15) is 0 Å². The Bertz CT molecular complexity index is 148. The summed E-state index contributed by atoms with van der Waals surface area (Å²) in [5, 5.41) is 0. The first kappa shape index (κ1) is 5.22. The molecule has 0 saturated heterocycles. The van der Waals surface area contributed by atoms with Crippen molar-refractivity contribution in [2.45, 2.75) is 6.42 Å². The van der Waals surface area contributed by atoms with E-state index in [9.17, 15) is 9.59 Å². The molecule has 0 fully saturated rings. The summed E-state index contributed by atoms with van der Waals surface area (Å²) in [6.45, 7) is 0. The van der Waals surface area contributed by atoms with E-state index >= 15 is 0 Å². The monoisotopic (exact) mass is 198 g/mol. The fraction of sp³-hybridized carbons (Fsp3) is 0.250. The molecule has 0 bridgehead atoms. The molecule has 0 spiro atoms. The van der Waals surface area contributed by atoms with Crippen LogP contribution >= 0.6 is 0 Å². The van der Waals surface area contributed by atoms with Crippen LogP contribution in [0.4, 0.5) is 0 Å². The Labute approximate surface area is 51.7 Å². The average molecular weight is 198 g/mol. The third kappa shape index (κ3) is 0.996. The second-order valence-corrected chi connectivity index (χ2v) is 5.19. The number of carbonyl (C=O) groups is 2. The minimum atomic E-state index is -1.08. The van der Waals surface area contributed by atoms with E-state index in [1.807, 2.05) is 3.76 Å². The van der Waals surface area contributed by atoms with Crippen LogP contribution in [0.1, 0.15) is 6.42 Å². The van der Waals surface area contributed by atoms with Gasteiger partial charge in [-0.2, -0.15) is 0 Å². The molecule has 0 aromatic heterocycles. The maximum atomic E-state index is 10.3. The van der Waals surface area contributed by atoms with Gasteiger partial charge >= 0.3 is 51.5 Å². The van der Waals surface area contributed by atoms with E-state index in [1.165, 1.54) is 0 Å². The molecule has 0 aliphatic carbocycles. The Morgan fingerprint density at radius 2 is 2.29 bits per heavy atom. The Balaban J connectivity index is 2.81. The van der Waals surface area contributed by atoms with Crippen molar-refractivity contribution in [2.75, 3.05) is 0 Å². The average Bonchev–Trinajstić information content (AvgIpc) is 1.91. The van der Waals surface area contributed by atoms with Crippen LogP contribution in [0.5, 0.6) is 0 Å². The zero-order valence-electron chi connectivity index (χ0n) is 3.68. The molecule has 1 aliphatic rings. The van der Waals surface area contributed by atoms with Crippen molar-refractivity contribution in [3.8, 4) is 0 Å². The molecule has 0 atom stereocenters. The molecule has 0 amide bonds. The van der Waals surface area contributed by atoms with Crippen LogP contribution < -0.4 is 0 Å². The predicted molar refractivity (Wildman–Crippen MR) is 26.4 cm³/mol. The first-order valence-corrected chi connectivity index (χ1v) is 5.59. The summed E-state index contributed by atoms with van der Waals surface area (Å²) in [6.07, 6.45) is 0.444. The van der Waals surface area contributed by atoms with E-state index in [1.54, 1.807) is 0 Å². The van der Waals surface area contributed by atoms with Gasteiger partial charge in [0.2, 0.25) is 0 Å². The summed E-state index contributed by atoms with van der Waals surface area (Å²) in [7, 11) is 0. The zero-order chi connectivity index (χ0) is 5.28. The van der Waals surface area contributed by atoms with E-state index in [-0.39, 0.29) is 9.32 Å². The molecule has 7 heavy (non-hydrogen) atoms. The second kappa shape index (κ2) is 1.90. The molecule has 0 saturated carbocycles. The number of ketones is 1. The summed E-state index contributed by atoms with van der Waals surface area (Å²) in [4.78, 5) is 20.5. The van der Waals surface area contributed by atoms with Gasteiger partial charge in [0.05, 0.1) is 0 Å². The van der Waals surface area contributed by atoms with Gasteiger partial charge in [-0.05, 0) is 0 Å². The topological polar surface area (TPSA) is 34.1 Å². The minimum absolute atomic E-state index is 0.0461. The van der Waals surface area contributed by atoms with Gasteiger partial charge in [-0.25, -0.2) is 0 Å². The van der Waals surface area contributed by atoms with Crippen LogP contribution in [0.15, 0.2) is 0 Å². The molecule has 34 valence electrons. The zero-order valence-corrected chi connectivity index (χ0v) is 6.97. The molecule has 0 aromatic carbocycles. The molecular formula is C4H3InO2. The van der Waals surface area contributed by atoms with E-state index in [0.29, 0.717) is 6.42 Å². The Morgan fingerprint density at radius 1 is 1.57 bits per heavy atom. The molecule has 0 unspecified atom stereocenters. The van der Waals surface area contributed by atoms with E-state index in [4.69, 9.17) is 0 Å². The van der Waals surface area contributed by atoms with Crippen LogP contribution in [-0.2, 0) is 9.59 Å². The number of hydrogen-bond donors (Lipinski definition) is 0. The summed E-state index contributed by atoms with van der Waals surface area (Å²) < 4.78 is 1.84. The van der Waals surface area contributed by atoms with Gasteiger partial charge in [-0.3, -0.25) is 0 Å². The van der Waals surface area contributed by atoms with Crippen molar-refractivity contribution in [3.05, 3.63) is 0 Å². The number of Topliss-reactive ketones (excluding diaryl/α,β-unsaturated/α-hetero) is 1. The molecule has 0 aromatic rings. The molecule has 1 aliphatic heterocycles. The van der Waals surface area contributed by atoms with Gasteiger partial charge in [-0.1, -0.05) is 0 Å². The number of hydrogen-bond acceptors (Lipinski definition) is 2. The molecular weight excluding hydrogens is 195 g/mol. The molecule has 3 heteroatoms. The van der Waals surface area contributed by atoms with Gasteiger partial charge < -0.3 is 0 Å². The van der Waals surface area contributed by atoms with E-state index in [2.05, 4.69) is 0 Å². The maximum absolute atomic E-state index is 10.3. The van der Waals surface area contributed by atoms with Gasteiger partial charge in [-0.15, -0.1) is 0 Å². The van der Waals surface area contributed by atoms with Crippen molar-refractivity contribution in [1.82, 2.24) is 0 Å². The fourth-order valence-electron chi connectivity index (χ4n) is 0.467. The van der Waals surface area contributed by atoms with Crippen molar-refractivity contribution >= 4 is 35.5 Å². The fourth-order valence-corrected chi connectivity index (χ4v) is 2.89. The summed E-state index contributed by atoms with van der Waals surface area (Å²) in [5.74, 6) is -0.152. The second-order valence-electron chi connectivity index (χ2n) is 1.39. The van der Waals surface area contributed by atoms with Crippen LogP contribution in [0.25, 0.3) is 0 Å². The molecule has 1 heterocycles. The Kier molecular flexibility index (Phi) is 1.42. The third-order valence-corrected chi connectivity index (χ3v) is 3.98. The first-order chi connectivity index (χ1) is 3.30. The van der Waals surface area contributed by atoms with E-state index < -0.39 is 22.4 Å². The predicted octanol–water partition coefficient (Wildman–Crippen LogP) is -1.01. The van der Waals surface area contributed by atoms with Crippen LogP contribution in [0, 0.1) is 0 Å². The molecule has 2 nitrogen and oxygen atoms in total. The summed E-state index contributed by atoms with van der Waals surface area (Å²) in [5.41, 5.74) is 0. The van der Waals surface area contributed by atoms with Gasteiger partial charge in [0.25, 0.3) is 0 Å². The van der Waals surface area contributed by atoms with Gasteiger partial charge in [0.15, 0.2) is 0 Å². The van der Waals surface area contributed by atoms with Crippen molar-refractivity contribution in [3.63, 3.8) is 0 Å². The standard InChI is InChI=1S/C4H3O2.In/c1-2-4(6)3-5;/h1H,2H2;. The first-order valence-electron chi connectivity index (χ1n) is 2.04. The summed E-state index contributed by atoms with van der Waals surface area (Å²) in [6, 6.07) is 0. The number of rotatable bonds is 0. The normalized spacial score (nSPS) is 17.7. The van der Waals surface area contributed by atoms with E-state index in [0.717, 1.165) is 0 Å². The van der Waals surface area contributed by atoms with Crippen molar-refractivity contribution in [2.24, 2.45) is 0 Å². The SMILES string of the molecule is O=C1C[CH]=[In][C]1=O. The molecule has 1 rings (SSSR count). The Hall–Kier alpha value is 0.0801. The van der Waals surface area contributed by atoms with Crippen LogP contribution in [0.2, 0.25) is 0 Å². The van der Waals surface area contributed by atoms with Crippen LogP contribution in [0.3, 0.4) is 0 Å². The quantitative estimate of drug-likeness (QED) is 0.467. The van der Waals surface area contributed by atoms with Crippen LogP contribution in [-0.4, -0.2) is 35.5 Å². The number of carbonyl (C=O) groups excluding carboxylic acids is 2. The van der Waals surface area contributed by atoms with Crippen molar-refractivity contribution < 1.29 is 9.59 Å². The summed E-state index contributed by atoms with van der Waals surface area (Å²) >= 11 is -1.08. The Morgan fingerprint density at radius 3 is 2.43 bits per heavy atom. The van der Waals surface area contributed by atoms with Crippen molar-refractivity contribution in [1.29, 1.82) is 0 Å². The molecule has 0 N–H and O–H groups in total.